The van der Waals surface area contributed by atoms with Crippen molar-refractivity contribution in [3.05, 3.63) is 28.8 Å². The second-order valence-corrected chi connectivity index (χ2v) is 7.45. The zero-order valence-electron chi connectivity index (χ0n) is 15.0. The fourth-order valence-corrected chi connectivity index (χ4v) is 3.72. The number of nitrogens with zero attached hydrogens (tertiary/aromatic N) is 2. The fourth-order valence-electron chi connectivity index (χ4n) is 3.55. The van der Waals surface area contributed by atoms with Gasteiger partial charge in [-0.3, -0.25) is 9.59 Å². The third-order valence-corrected chi connectivity index (χ3v) is 5.27. The molecule has 0 radical (unpaired) electrons. The van der Waals surface area contributed by atoms with E-state index >= 15 is 0 Å². The normalized spacial score (nSPS) is 21.6. The third kappa shape index (κ3) is 4.48. The highest BCUT2D eigenvalue weighted by Crippen LogP contribution is 2.28. The molecular weight excluding hydrogens is 356 g/mol. The van der Waals surface area contributed by atoms with Crippen LogP contribution in [0, 0.1) is 0 Å². The summed E-state index contributed by atoms with van der Waals surface area (Å²) >= 11 is 6.11. The van der Waals surface area contributed by atoms with Gasteiger partial charge in [0, 0.05) is 51.0 Å². The molecule has 0 spiro atoms. The van der Waals surface area contributed by atoms with Crippen LogP contribution in [0.5, 0.6) is 5.75 Å². The Labute approximate surface area is 158 Å². The Balaban J connectivity index is 1.72. The lowest BCUT2D eigenvalue weighted by atomic mass is 10.1. The minimum absolute atomic E-state index is 0.0368. The van der Waals surface area contributed by atoms with Crippen molar-refractivity contribution in [2.75, 3.05) is 26.2 Å². The van der Waals surface area contributed by atoms with E-state index in [0.717, 1.165) is 25.7 Å². The van der Waals surface area contributed by atoms with Crippen LogP contribution in [-0.4, -0.2) is 65.1 Å². The molecule has 0 unspecified atom stereocenters. The summed E-state index contributed by atoms with van der Waals surface area (Å²) in [5.41, 5.74) is 0.431. The minimum Gasteiger partial charge on any atom is -0.489 e. The number of likely N-dealkylation sites (tertiary alicyclic amines) is 2. The van der Waals surface area contributed by atoms with Gasteiger partial charge in [0.05, 0.1) is 11.7 Å². The van der Waals surface area contributed by atoms with E-state index in [1.54, 1.807) is 30.0 Å². The topological polar surface area (TPSA) is 70.1 Å². The van der Waals surface area contributed by atoms with Crippen LogP contribution in [0.25, 0.3) is 0 Å². The van der Waals surface area contributed by atoms with Gasteiger partial charge in [-0.2, -0.15) is 0 Å². The molecule has 26 heavy (non-hydrogen) atoms. The number of halogens is 1. The lowest BCUT2D eigenvalue weighted by Gasteiger charge is -2.33. The van der Waals surface area contributed by atoms with Crippen LogP contribution in [0.15, 0.2) is 18.2 Å². The molecule has 1 atom stereocenters. The molecule has 0 saturated carbocycles. The fraction of sp³-hybridized carbons (Fsp3) is 0.579. The number of aliphatic hydroxyl groups excluding tert-OH is 1. The maximum absolute atomic E-state index is 12.9. The lowest BCUT2D eigenvalue weighted by Crippen LogP contribution is -2.43. The Morgan fingerprint density at radius 3 is 2.54 bits per heavy atom. The molecule has 0 aromatic heterocycles. The molecule has 0 aliphatic carbocycles. The Hall–Kier alpha value is -1.79. The van der Waals surface area contributed by atoms with Gasteiger partial charge in [0.1, 0.15) is 11.9 Å². The second-order valence-electron chi connectivity index (χ2n) is 7.01. The standard InChI is InChI=1S/C19H25ClN2O4/c1-13(23)21-9-6-16(7-10-21)26-18-5-4-14(20)11-17(18)19(25)22-8-2-3-15(24)12-22/h4-5,11,15-16,24H,2-3,6-10,12H2,1H3/t15-/m1/s1. The van der Waals surface area contributed by atoms with Gasteiger partial charge in [-0.15, -0.1) is 0 Å². The van der Waals surface area contributed by atoms with Gasteiger partial charge in [-0.1, -0.05) is 11.6 Å². The molecule has 0 bridgehead atoms. The van der Waals surface area contributed by atoms with E-state index in [2.05, 4.69) is 0 Å². The molecule has 1 aromatic rings. The summed E-state index contributed by atoms with van der Waals surface area (Å²) in [4.78, 5) is 27.8. The number of aliphatic hydroxyl groups is 1. The first-order chi connectivity index (χ1) is 12.4. The van der Waals surface area contributed by atoms with Crippen LogP contribution in [0.2, 0.25) is 5.02 Å². The molecule has 7 heteroatoms. The maximum Gasteiger partial charge on any atom is 0.257 e. The Morgan fingerprint density at radius 2 is 1.88 bits per heavy atom. The summed E-state index contributed by atoms with van der Waals surface area (Å²) in [5.74, 6) is 0.428. The molecule has 6 nitrogen and oxygen atoms in total. The molecule has 1 N–H and O–H groups in total. The summed E-state index contributed by atoms with van der Waals surface area (Å²) in [5, 5.41) is 10.3. The first-order valence-corrected chi connectivity index (χ1v) is 9.51. The Kier molecular flexibility index (Phi) is 6.04. The highest BCUT2D eigenvalue weighted by molar-refractivity contribution is 6.31. The summed E-state index contributed by atoms with van der Waals surface area (Å²) in [6.45, 7) is 3.86. The van der Waals surface area contributed by atoms with E-state index in [1.165, 1.54) is 0 Å². The molecule has 2 aliphatic rings. The van der Waals surface area contributed by atoms with Crippen molar-refractivity contribution in [2.45, 2.75) is 44.8 Å². The highest BCUT2D eigenvalue weighted by atomic mass is 35.5. The van der Waals surface area contributed by atoms with Gasteiger partial charge in [0.15, 0.2) is 0 Å². The third-order valence-electron chi connectivity index (χ3n) is 5.04. The summed E-state index contributed by atoms with van der Waals surface area (Å²) < 4.78 is 6.10. The monoisotopic (exact) mass is 380 g/mol. The van der Waals surface area contributed by atoms with E-state index < -0.39 is 6.10 Å². The predicted molar refractivity (Wildman–Crippen MR) is 98.5 cm³/mol. The number of carbonyl (C=O) groups excluding carboxylic acids is 2. The van der Waals surface area contributed by atoms with Crippen molar-refractivity contribution in [2.24, 2.45) is 0 Å². The summed E-state index contributed by atoms with van der Waals surface area (Å²) in [6.07, 6.45) is 2.46. The molecule has 1 aromatic carbocycles. The lowest BCUT2D eigenvalue weighted by molar-refractivity contribution is -0.130. The van der Waals surface area contributed by atoms with Crippen molar-refractivity contribution in [1.29, 1.82) is 0 Å². The minimum atomic E-state index is -0.479. The highest BCUT2D eigenvalue weighted by Gasteiger charge is 2.27. The van der Waals surface area contributed by atoms with Gasteiger partial charge < -0.3 is 19.6 Å². The summed E-state index contributed by atoms with van der Waals surface area (Å²) in [6, 6.07) is 5.07. The number of carbonyl (C=O) groups is 2. The smallest absolute Gasteiger partial charge is 0.257 e. The molecule has 142 valence electrons. The van der Waals surface area contributed by atoms with E-state index in [4.69, 9.17) is 16.3 Å². The van der Waals surface area contributed by atoms with Crippen molar-refractivity contribution in [3.8, 4) is 5.75 Å². The van der Waals surface area contributed by atoms with Crippen LogP contribution in [-0.2, 0) is 4.79 Å². The number of hydrogen-bond acceptors (Lipinski definition) is 4. The maximum atomic E-state index is 12.9. The quantitative estimate of drug-likeness (QED) is 0.873. The number of benzene rings is 1. The number of hydrogen-bond donors (Lipinski definition) is 1. The van der Waals surface area contributed by atoms with Crippen molar-refractivity contribution in [3.63, 3.8) is 0 Å². The first kappa shape index (κ1) is 19.0. The first-order valence-electron chi connectivity index (χ1n) is 9.13. The summed E-state index contributed by atoms with van der Waals surface area (Å²) in [7, 11) is 0. The average molecular weight is 381 g/mol. The molecule has 2 fully saturated rings. The van der Waals surface area contributed by atoms with E-state index in [9.17, 15) is 14.7 Å². The van der Waals surface area contributed by atoms with E-state index in [0.29, 0.717) is 42.5 Å². The molecule has 3 rings (SSSR count). The number of amides is 2. The molecule has 2 aliphatic heterocycles. The van der Waals surface area contributed by atoms with E-state index in [1.807, 2.05) is 4.90 Å². The van der Waals surface area contributed by atoms with E-state index in [-0.39, 0.29) is 17.9 Å². The molecule has 2 amide bonds. The van der Waals surface area contributed by atoms with Crippen molar-refractivity contribution in [1.82, 2.24) is 9.80 Å². The van der Waals surface area contributed by atoms with Gasteiger partial charge in [-0.25, -0.2) is 0 Å². The van der Waals surface area contributed by atoms with Crippen molar-refractivity contribution < 1.29 is 19.4 Å². The number of rotatable bonds is 3. The zero-order chi connectivity index (χ0) is 18.7. The largest absolute Gasteiger partial charge is 0.489 e. The molecule has 2 heterocycles. The SMILES string of the molecule is CC(=O)N1CCC(Oc2ccc(Cl)cc2C(=O)N2CCC[C@@H](O)C2)CC1. The Bertz CT molecular complexity index is 674. The van der Waals surface area contributed by atoms with Crippen LogP contribution in [0.4, 0.5) is 0 Å². The zero-order valence-corrected chi connectivity index (χ0v) is 15.7. The van der Waals surface area contributed by atoms with Crippen molar-refractivity contribution >= 4 is 23.4 Å². The van der Waals surface area contributed by atoms with Crippen LogP contribution < -0.4 is 4.74 Å². The van der Waals surface area contributed by atoms with Crippen LogP contribution in [0.1, 0.15) is 43.0 Å². The average Bonchev–Trinajstić information content (AvgIpc) is 2.63. The van der Waals surface area contributed by atoms with Gasteiger partial charge in [0.2, 0.25) is 5.91 Å². The molecule has 2 saturated heterocycles. The van der Waals surface area contributed by atoms with Gasteiger partial charge >= 0.3 is 0 Å². The van der Waals surface area contributed by atoms with Crippen LogP contribution >= 0.6 is 11.6 Å². The number of piperidine rings is 2. The van der Waals surface area contributed by atoms with Gasteiger partial charge in [-0.05, 0) is 31.0 Å². The number of β-amino-alcohol motifs (C(OH)–C–C–N with tert-alkyl or cyclic N) is 1. The predicted octanol–water partition coefficient (Wildman–Crippen LogP) is 2.33. The number of ether oxygens (including phenoxy) is 1. The van der Waals surface area contributed by atoms with Gasteiger partial charge in [0.25, 0.3) is 5.91 Å². The Morgan fingerprint density at radius 1 is 1.15 bits per heavy atom. The second kappa shape index (κ2) is 8.27. The van der Waals surface area contributed by atoms with Crippen LogP contribution in [0.3, 0.4) is 0 Å². The molecular formula is C19H25ClN2O4.